The van der Waals surface area contributed by atoms with Crippen molar-refractivity contribution in [3.8, 4) is 0 Å². The summed E-state index contributed by atoms with van der Waals surface area (Å²) >= 11 is 0. The van der Waals surface area contributed by atoms with Gasteiger partial charge in [-0.15, -0.1) is 0 Å². The third-order valence-electron chi connectivity index (χ3n) is 4.80. The van der Waals surface area contributed by atoms with Crippen LogP contribution >= 0.6 is 0 Å². The highest BCUT2D eigenvalue weighted by Crippen LogP contribution is 2.54. The quantitative estimate of drug-likeness (QED) is 0.630. The van der Waals surface area contributed by atoms with Crippen LogP contribution in [0.1, 0.15) is 25.3 Å². The van der Waals surface area contributed by atoms with Crippen molar-refractivity contribution >= 4 is 13.8 Å². The Morgan fingerprint density at radius 3 is 2.81 bits per heavy atom. The van der Waals surface area contributed by atoms with Crippen molar-refractivity contribution in [3.63, 3.8) is 0 Å². The van der Waals surface area contributed by atoms with Crippen molar-refractivity contribution in [2.24, 2.45) is 11.8 Å². The van der Waals surface area contributed by atoms with E-state index in [4.69, 9.17) is 17.3 Å². The van der Waals surface area contributed by atoms with Crippen molar-refractivity contribution in [3.05, 3.63) is 35.9 Å². The second-order valence-electron chi connectivity index (χ2n) is 6.06. The first-order valence-electron chi connectivity index (χ1n) is 7.29. The van der Waals surface area contributed by atoms with E-state index < -0.39 is 17.8 Å². The monoisotopic (exact) mass is 288 g/mol. The lowest BCUT2D eigenvalue weighted by Crippen LogP contribution is -2.39. The molecular formula is C16H18BFO3. The second-order valence-corrected chi connectivity index (χ2v) is 6.06. The molecule has 0 N–H and O–H groups in total. The minimum Gasteiger partial charge on any atom is -0.461 e. The third kappa shape index (κ3) is 2.59. The molecule has 2 aliphatic rings. The molecule has 1 saturated carbocycles. The molecule has 1 unspecified atom stereocenters. The number of benzene rings is 1. The van der Waals surface area contributed by atoms with Crippen LogP contribution in [-0.2, 0) is 20.9 Å². The Bertz CT molecular complexity index is 510. The van der Waals surface area contributed by atoms with Crippen molar-refractivity contribution in [1.82, 2.24) is 0 Å². The summed E-state index contributed by atoms with van der Waals surface area (Å²) in [5.41, 5.74) is 0.130. The number of halogens is 1. The van der Waals surface area contributed by atoms with Gasteiger partial charge in [-0.1, -0.05) is 37.3 Å². The van der Waals surface area contributed by atoms with Gasteiger partial charge in [0.05, 0.1) is 12.0 Å². The van der Waals surface area contributed by atoms with E-state index in [2.05, 4.69) is 0 Å². The minimum absolute atomic E-state index is 0.0611. The molecule has 3 nitrogen and oxygen atoms in total. The number of alkyl halides is 1. The van der Waals surface area contributed by atoms with E-state index in [-0.39, 0.29) is 37.3 Å². The van der Waals surface area contributed by atoms with Crippen molar-refractivity contribution in [1.29, 1.82) is 0 Å². The zero-order valence-electron chi connectivity index (χ0n) is 12.0. The summed E-state index contributed by atoms with van der Waals surface area (Å²) in [6.07, 6.45) is -0.704. The van der Waals surface area contributed by atoms with Gasteiger partial charge in [-0.3, -0.25) is 4.79 Å². The van der Waals surface area contributed by atoms with Crippen LogP contribution in [0.5, 0.6) is 0 Å². The normalized spacial score (nSPS) is 37.6. The fourth-order valence-electron chi connectivity index (χ4n) is 3.62. The molecule has 2 radical (unpaired) electrons. The average molecular weight is 288 g/mol. The van der Waals surface area contributed by atoms with E-state index >= 15 is 0 Å². The first kappa shape index (κ1) is 14.6. The van der Waals surface area contributed by atoms with Crippen LogP contribution in [0.4, 0.5) is 4.39 Å². The van der Waals surface area contributed by atoms with Gasteiger partial charge in [-0.2, -0.15) is 0 Å². The fraction of sp³-hybridized carbons (Fsp3) is 0.562. The number of hydrogen-bond donors (Lipinski definition) is 0. The largest absolute Gasteiger partial charge is 0.461 e. The highest BCUT2D eigenvalue weighted by atomic mass is 19.1. The summed E-state index contributed by atoms with van der Waals surface area (Å²) in [6, 6.07) is 8.83. The Labute approximate surface area is 125 Å². The predicted molar refractivity (Wildman–Crippen MR) is 76.4 cm³/mol. The number of ether oxygens (including phenoxy) is 2. The third-order valence-corrected chi connectivity index (χ3v) is 4.80. The van der Waals surface area contributed by atoms with Gasteiger partial charge < -0.3 is 9.47 Å². The topological polar surface area (TPSA) is 35.5 Å². The van der Waals surface area contributed by atoms with Gasteiger partial charge in [0.1, 0.15) is 20.6 Å². The van der Waals surface area contributed by atoms with Gasteiger partial charge in [0.15, 0.2) is 0 Å². The van der Waals surface area contributed by atoms with Gasteiger partial charge in [0, 0.05) is 18.3 Å². The predicted octanol–water partition coefficient (Wildman–Crippen LogP) is 2.38. The summed E-state index contributed by atoms with van der Waals surface area (Å²) in [6.45, 7) is 2.13. The van der Waals surface area contributed by atoms with Crippen LogP contribution in [0.15, 0.2) is 30.3 Å². The second kappa shape index (κ2) is 5.45. The number of carbonyl (C=O) groups excluding carboxylic acids is 1. The molecule has 0 amide bonds. The lowest BCUT2D eigenvalue weighted by molar-refractivity contribution is -0.154. The lowest BCUT2D eigenvalue weighted by Gasteiger charge is -2.31. The summed E-state index contributed by atoms with van der Waals surface area (Å²) in [5.74, 6) is -0.744. The van der Waals surface area contributed by atoms with Crippen LogP contribution in [0.3, 0.4) is 0 Å². The molecule has 1 saturated heterocycles. The molecule has 21 heavy (non-hydrogen) atoms. The Hall–Kier alpha value is -1.36. The van der Waals surface area contributed by atoms with Gasteiger partial charge in [-0.05, 0) is 11.5 Å². The molecule has 1 aromatic carbocycles. The molecule has 0 spiro atoms. The zero-order valence-corrected chi connectivity index (χ0v) is 12.0. The molecule has 3 rings (SSSR count). The minimum atomic E-state index is -0.995. The number of hydrogen-bond acceptors (Lipinski definition) is 3. The van der Waals surface area contributed by atoms with E-state index in [0.29, 0.717) is 0 Å². The van der Waals surface area contributed by atoms with Crippen LogP contribution in [0.25, 0.3) is 0 Å². The smallest absolute Gasteiger partial charge is 0.309 e. The van der Waals surface area contributed by atoms with E-state index in [0.717, 1.165) is 5.56 Å². The Morgan fingerprint density at radius 2 is 2.19 bits per heavy atom. The first-order chi connectivity index (χ1) is 10.0. The molecule has 110 valence electrons. The number of fused-ring (bicyclic) bond motifs is 2. The van der Waals surface area contributed by atoms with Crippen molar-refractivity contribution in [2.45, 2.75) is 44.1 Å². The maximum Gasteiger partial charge on any atom is 0.309 e. The molecule has 1 aromatic rings. The van der Waals surface area contributed by atoms with Crippen LogP contribution < -0.4 is 0 Å². The van der Waals surface area contributed by atoms with Gasteiger partial charge in [0.2, 0.25) is 0 Å². The molecule has 2 bridgehead atoms. The Morgan fingerprint density at radius 1 is 1.48 bits per heavy atom. The van der Waals surface area contributed by atoms with E-state index in [1.54, 1.807) is 0 Å². The molecule has 1 aliphatic heterocycles. The maximum atomic E-state index is 14.0. The molecule has 5 atom stereocenters. The molecule has 1 aliphatic carbocycles. The van der Waals surface area contributed by atoms with Crippen LogP contribution in [0.2, 0.25) is 0 Å². The van der Waals surface area contributed by atoms with Gasteiger partial charge >= 0.3 is 5.97 Å². The first-order valence-corrected chi connectivity index (χ1v) is 7.29. The zero-order chi connectivity index (χ0) is 15.0. The Kier molecular flexibility index (Phi) is 3.78. The molecule has 2 fully saturated rings. The van der Waals surface area contributed by atoms with E-state index in [9.17, 15) is 9.18 Å². The SMILES string of the molecule is [B][C@@H]1O[C@@]2(CC(=O)OCc3ccccc3)C[C@H](F)[C@H]1C2C. The molecule has 0 aromatic heterocycles. The van der Waals surface area contributed by atoms with Crippen molar-refractivity contribution in [2.75, 3.05) is 0 Å². The van der Waals surface area contributed by atoms with Gasteiger partial charge in [-0.25, -0.2) is 4.39 Å². The fourth-order valence-corrected chi connectivity index (χ4v) is 3.62. The molecule has 5 heteroatoms. The molecular weight excluding hydrogens is 270 g/mol. The van der Waals surface area contributed by atoms with Crippen LogP contribution in [-0.4, -0.2) is 31.6 Å². The van der Waals surface area contributed by atoms with E-state index in [1.165, 1.54) is 0 Å². The number of rotatable bonds is 4. The van der Waals surface area contributed by atoms with E-state index in [1.807, 2.05) is 37.3 Å². The highest BCUT2D eigenvalue weighted by Gasteiger charge is 2.61. The number of carbonyl (C=O) groups is 1. The van der Waals surface area contributed by atoms with Crippen LogP contribution in [0, 0.1) is 11.8 Å². The summed E-state index contributed by atoms with van der Waals surface area (Å²) in [4.78, 5) is 12.0. The standard InChI is InChI=1S/C16H18BFO3/c1-10-14-12(18)7-16(10,21-15(14)17)8-13(19)20-9-11-5-3-2-4-6-11/h2-6,10,12,14-15H,7-9H2,1H3/t10?,12-,14+,15+,16+/m0/s1. The summed E-state index contributed by atoms with van der Waals surface area (Å²) < 4.78 is 24.9. The maximum absolute atomic E-state index is 14.0. The van der Waals surface area contributed by atoms with Gasteiger partial charge in [0.25, 0.3) is 0 Å². The summed E-state index contributed by atoms with van der Waals surface area (Å²) in [7, 11) is 5.81. The highest BCUT2D eigenvalue weighted by molar-refractivity contribution is 6.11. The average Bonchev–Trinajstić information content (AvgIpc) is 2.82. The summed E-state index contributed by atoms with van der Waals surface area (Å²) in [5, 5.41) is 0. The van der Waals surface area contributed by atoms with Crippen molar-refractivity contribution < 1.29 is 18.7 Å². The lowest BCUT2D eigenvalue weighted by atomic mass is 9.81. The number of esters is 1. The molecule has 1 heterocycles. The Balaban J connectivity index is 1.60.